The molecule has 1 aromatic carbocycles. The first-order valence-electron chi connectivity index (χ1n) is 12.2. The second-order valence-electron chi connectivity index (χ2n) is 9.41. The Hall–Kier alpha value is -3.09. The van der Waals surface area contributed by atoms with Crippen molar-refractivity contribution in [2.75, 3.05) is 32.1 Å². The van der Waals surface area contributed by atoms with Crippen LogP contribution in [0.4, 0.5) is 10.2 Å². The van der Waals surface area contributed by atoms with E-state index in [1.54, 1.807) is 12.1 Å². The van der Waals surface area contributed by atoms with Gasteiger partial charge in [-0.25, -0.2) is 4.39 Å². The molecule has 0 bridgehead atoms. The van der Waals surface area contributed by atoms with Gasteiger partial charge < -0.3 is 14.5 Å². The smallest absolute Gasteiger partial charge is 0.246 e. The number of anilines is 1. The lowest BCUT2D eigenvalue weighted by Crippen LogP contribution is -2.36. The van der Waals surface area contributed by atoms with Gasteiger partial charge in [-0.15, -0.1) is 0 Å². The van der Waals surface area contributed by atoms with Crippen LogP contribution in [-0.2, 0) is 29.0 Å². The summed E-state index contributed by atoms with van der Waals surface area (Å²) in [6.07, 6.45) is 6.41. The van der Waals surface area contributed by atoms with Crippen molar-refractivity contribution in [2.24, 2.45) is 5.92 Å². The van der Waals surface area contributed by atoms with E-state index in [-0.39, 0.29) is 11.7 Å². The van der Waals surface area contributed by atoms with Crippen molar-refractivity contribution in [3.8, 4) is 0 Å². The van der Waals surface area contributed by atoms with Gasteiger partial charge in [-0.3, -0.25) is 9.48 Å². The third kappa shape index (κ3) is 5.34. The van der Waals surface area contributed by atoms with Crippen LogP contribution in [0.3, 0.4) is 0 Å². The first kappa shape index (κ1) is 24.0. The fourth-order valence-corrected chi connectivity index (χ4v) is 4.92. The van der Waals surface area contributed by atoms with Crippen LogP contribution >= 0.6 is 0 Å². The molecule has 0 spiro atoms. The van der Waals surface area contributed by atoms with Crippen molar-refractivity contribution in [1.82, 2.24) is 14.7 Å². The van der Waals surface area contributed by atoms with Gasteiger partial charge in [-0.05, 0) is 56.7 Å². The van der Waals surface area contributed by atoms with Gasteiger partial charge in [0.05, 0.1) is 31.1 Å². The lowest BCUT2D eigenvalue weighted by molar-refractivity contribution is -0.127. The highest BCUT2D eigenvalue weighted by Gasteiger charge is 2.28. The monoisotopic (exact) mass is 466 g/mol. The van der Waals surface area contributed by atoms with Crippen molar-refractivity contribution >= 4 is 11.7 Å². The number of fused-ring (bicyclic) bond motifs is 1. The average Bonchev–Trinajstić information content (AvgIpc) is 3.19. The Bertz CT molecular complexity index is 1060. The summed E-state index contributed by atoms with van der Waals surface area (Å²) in [5.74, 6) is 2.03. The number of carbonyl (C=O) groups excluding carboxylic acids is 1. The first-order chi connectivity index (χ1) is 16.4. The Labute approximate surface area is 201 Å². The maximum absolute atomic E-state index is 13.3. The number of nitrogens with zero attached hydrogens (tertiary/aromatic N) is 4. The van der Waals surface area contributed by atoms with Crippen LogP contribution in [0.1, 0.15) is 49.4 Å². The van der Waals surface area contributed by atoms with E-state index in [1.165, 1.54) is 23.3 Å². The van der Waals surface area contributed by atoms with Gasteiger partial charge in [0, 0.05) is 38.2 Å². The molecule has 6 nitrogen and oxygen atoms in total. The van der Waals surface area contributed by atoms with Crippen LogP contribution in [0.25, 0.3) is 0 Å². The van der Waals surface area contributed by atoms with Crippen LogP contribution in [0.5, 0.6) is 0 Å². The molecular weight excluding hydrogens is 431 g/mol. The van der Waals surface area contributed by atoms with E-state index in [1.807, 2.05) is 41.6 Å². The van der Waals surface area contributed by atoms with E-state index < -0.39 is 0 Å². The molecule has 0 saturated heterocycles. The summed E-state index contributed by atoms with van der Waals surface area (Å²) >= 11 is 0. The molecule has 1 aliphatic heterocycles. The molecule has 7 heteroatoms. The zero-order valence-corrected chi connectivity index (χ0v) is 20.5. The molecule has 2 aromatic rings. The van der Waals surface area contributed by atoms with Crippen LogP contribution in [-0.4, -0.2) is 47.8 Å². The normalized spacial score (nSPS) is 17.8. The molecule has 182 valence electrons. The highest BCUT2D eigenvalue weighted by molar-refractivity contribution is 5.88. The molecule has 2 aliphatic rings. The maximum Gasteiger partial charge on any atom is 0.246 e. The van der Waals surface area contributed by atoms with Crippen LogP contribution in [0, 0.1) is 11.7 Å². The van der Waals surface area contributed by atoms with Crippen molar-refractivity contribution in [3.05, 3.63) is 70.9 Å². The molecule has 1 fully saturated rings. The van der Waals surface area contributed by atoms with Crippen molar-refractivity contribution in [1.29, 1.82) is 0 Å². The number of aromatic nitrogens is 2. The third-order valence-corrected chi connectivity index (χ3v) is 6.84. The summed E-state index contributed by atoms with van der Waals surface area (Å²) in [4.78, 5) is 17.1. The van der Waals surface area contributed by atoms with Crippen molar-refractivity contribution in [2.45, 2.75) is 52.1 Å². The molecule has 0 atom stereocenters. The Morgan fingerprint density at radius 3 is 2.59 bits per heavy atom. The molecule has 0 N–H and O–H groups in total. The molecule has 1 aromatic heterocycles. The number of ether oxygens (including phenoxy) is 1. The summed E-state index contributed by atoms with van der Waals surface area (Å²) in [5.41, 5.74) is 4.44. The van der Waals surface area contributed by atoms with Gasteiger partial charge in [0.15, 0.2) is 5.82 Å². The molecule has 2 heterocycles. The van der Waals surface area contributed by atoms with Gasteiger partial charge in [0.2, 0.25) is 5.91 Å². The molecule has 4 rings (SSSR count). The summed E-state index contributed by atoms with van der Waals surface area (Å²) < 4.78 is 20.9. The molecule has 0 radical (unpaired) electrons. The third-order valence-electron chi connectivity index (χ3n) is 6.84. The second kappa shape index (κ2) is 10.5. The van der Waals surface area contributed by atoms with Gasteiger partial charge >= 0.3 is 0 Å². The van der Waals surface area contributed by atoms with E-state index in [0.29, 0.717) is 32.2 Å². The summed E-state index contributed by atoms with van der Waals surface area (Å²) in [7, 11) is 3.98. The van der Waals surface area contributed by atoms with Crippen LogP contribution < -0.4 is 4.90 Å². The number of hydrogen-bond donors (Lipinski definition) is 0. The van der Waals surface area contributed by atoms with Crippen molar-refractivity contribution < 1.29 is 13.9 Å². The highest BCUT2D eigenvalue weighted by atomic mass is 19.1. The number of carbonyl (C=O) groups is 1. The minimum Gasteiger partial charge on any atom is -0.499 e. The maximum atomic E-state index is 13.3. The minimum atomic E-state index is -0.249. The Morgan fingerprint density at radius 2 is 1.94 bits per heavy atom. The number of halogens is 1. The predicted molar refractivity (Wildman–Crippen MR) is 132 cm³/mol. The van der Waals surface area contributed by atoms with Gasteiger partial charge in [-0.1, -0.05) is 24.3 Å². The zero-order chi connectivity index (χ0) is 24.2. The zero-order valence-electron chi connectivity index (χ0n) is 20.5. The fraction of sp³-hybridized carbons (Fsp3) is 0.481. The highest BCUT2D eigenvalue weighted by Crippen LogP contribution is 2.33. The number of rotatable bonds is 7. The van der Waals surface area contributed by atoms with E-state index >= 15 is 0 Å². The molecule has 1 saturated carbocycles. The van der Waals surface area contributed by atoms with Gasteiger partial charge in [0.25, 0.3) is 0 Å². The molecular formula is C27H35FN4O2. The Morgan fingerprint density at radius 1 is 1.24 bits per heavy atom. The molecule has 1 aliphatic carbocycles. The van der Waals surface area contributed by atoms with Gasteiger partial charge in [-0.2, -0.15) is 5.10 Å². The largest absolute Gasteiger partial charge is 0.499 e. The number of hydrogen-bond acceptors (Lipinski definition) is 4. The topological polar surface area (TPSA) is 50.6 Å². The molecule has 34 heavy (non-hydrogen) atoms. The molecule has 0 unspecified atom stereocenters. The van der Waals surface area contributed by atoms with Crippen LogP contribution in [0.2, 0.25) is 0 Å². The summed E-state index contributed by atoms with van der Waals surface area (Å²) in [6.45, 7) is 8.45. The van der Waals surface area contributed by atoms with Crippen LogP contribution in [0.15, 0.2) is 48.3 Å². The molecule has 1 amide bonds. The van der Waals surface area contributed by atoms with Gasteiger partial charge in [0.1, 0.15) is 5.82 Å². The lowest BCUT2D eigenvalue weighted by atomic mass is 9.84. The standard InChI is InChI=1S/C27H35FN4O2/c1-5-34-19(2)22-10-6-20(7-11-22)16-26(33)31-15-14-24-25(18-31)32(29-27(24)30(3)4)17-21-8-12-23(28)13-9-21/h8-9,12-13,16,22H,2,5-7,10-11,14-15,17-18H2,1,3-4H3. The fourth-order valence-electron chi connectivity index (χ4n) is 4.92. The quantitative estimate of drug-likeness (QED) is 0.439. The lowest BCUT2D eigenvalue weighted by Gasteiger charge is -2.29. The Balaban J connectivity index is 1.47. The number of allylic oxidation sites excluding steroid dienone is 2. The first-order valence-corrected chi connectivity index (χ1v) is 12.2. The number of amides is 1. The minimum absolute atomic E-state index is 0.0728. The summed E-state index contributed by atoms with van der Waals surface area (Å²) in [5, 5.41) is 4.83. The summed E-state index contributed by atoms with van der Waals surface area (Å²) in [6, 6.07) is 6.51. The Kier molecular flexibility index (Phi) is 7.39. The van der Waals surface area contributed by atoms with E-state index in [9.17, 15) is 9.18 Å². The second-order valence-corrected chi connectivity index (χ2v) is 9.41. The predicted octanol–water partition coefficient (Wildman–Crippen LogP) is 4.69. The average molecular weight is 467 g/mol. The number of benzene rings is 1. The van der Waals surface area contributed by atoms with E-state index in [4.69, 9.17) is 9.84 Å². The van der Waals surface area contributed by atoms with E-state index in [2.05, 4.69) is 6.58 Å². The van der Waals surface area contributed by atoms with E-state index in [0.717, 1.165) is 54.9 Å². The van der Waals surface area contributed by atoms with Crippen molar-refractivity contribution in [3.63, 3.8) is 0 Å². The SMILES string of the molecule is C=C(OCC)C1CCC(=CC(=O)N2CCc3c(N(C)C)nn(Cc4ccc(F)cc4)c3C2)CC1.